The number of hydrogen-bond acceptors (Lipinski definition) is 7. The molecule has 8 nitrogen and oxygen atoms in total. The van der Waals surface area contributed by atoms with Crippen molar-refractivity contribution in [2.75, 3.05) is 13.8 Å². The van der Waals surface area contributed by atoms with Crippen molar-refractivity contribution in [1.82, 2.24) is 30.2 Å². The highest BCUT2D eigenvalue weighted by Gasteiger charge is 2.39. The van der Waals surface area contributed by atoms with Crippen molar-refractivity contribution in [2.45, 2.75) is 25.1 Å². The molecule has 12 heteroatoms. The predicted molar refractivity (Wildman–Crippen MR) is 115 cm³/mol. The Morgan fingerprint density at radius 1 is 1.26 bits per heavy atom. The van der Waals surface area contributed by atoms with Crippen LogP contribution in [0.1, 0.15) is 23.6 Å². The minimum Gasteiger partial charge on any atom is -0.497 e. The molecule has 2 aromatic heterocycles. The van der Waals surface area contributed by atoms with E-state index in [0.717, 1.165) is 35.0 Å². The van der Waals surface area contributed by atoms with Crippen LogP contribution in [0, 0.1) is 5.82 Å². The molecular formula is C23H18F4N6O2. The largest absolute Gasteiger partial charge is 0.497 e. The third kappa shape index (κ3) is 3.47. The van der Waals surface area contributed by atoms with Gasteiger partial charge in [-0.05, 0) is 30.7 Å². The van der Waals surface area contributed by atoms with E-state index in [1.165, 1.54) is 12.3 Å². The summed E-state index contributed by atoms with van der Waals surface area (Å²) < 4.78 is 66.1. The number of halogens is 4. The second-order valence-corrected chi connectivity index (χ2v) is 8.30. The molecule has 2 aliphatic heterocycles. The van der Waals surface area contributed by atoms with Gasteiger partial charge in [0.2, 0.25) is 5.89 Å². The SMILES string of the molecule is COC1=CCC2C(=C1)n1nncc1CC1=C(c3nc(-c4ccc(F)c(C(F)(F)F)c4)co3)NCN12. The van der Waals surface area contributed by atoms with Crippen LogP contribution < -0.4 is 5.32 Å². The van der Waals surface area contributed by atoms with E-state index in [2.05, 4.69) is 25.5 Å². The summed E-state index contributed by atoms with van der Waals surface area (Å²) in [5.41, 5.74) is 2.24. The van der Waals surface area contributed by atoms with E-state index in [1.54, 1.807) is 18.0 Å². The lowest BCUT2D eigenvalue weighted by Crippen LogP contribution is -2.37. The van der Waals surface area contributed by atoms with Crippen LogP contribution >= 0.6 is 0 Å². The quantitative estimate of drug-likeness (QED) is 0.560. The van der Waals surface area contributed by atoms with Crippen molar-refractivity contribution in [3.05, 3.63) is 77.2 Å². The lowest BCUT2D eigenvalue weighted by Gasteiger charge is -2.31. The normalized spacial score (nSPS) is 19.3. The zero-order chi connectivity index (χ0) is 24.3. The zero-order valence-corrected chi connectivity index (χ0v) is 18.3. The van der Waals surface area contributed by atoms with Gasteiger partial charge in [0.1, 0.15) is 29.2 Å². The van der Waals surface area contributed by atoms with Crippen LogP contribution in [-0.4, -0.2) is 44.7 Å². The number of fused-ring (bicyclic) bond motifs is 5. The number of oxazole rings is 1. The van der Waals surface area contributed by atoms with Gasteiger partial charge >= 0.3 is 6.18 Å². The van der Waals surface area contributed by atoms with Gasteiger partial charge in [0, 0.05) is 18.1 Å². The van der Waals surface area contributed by atoms with Crippen LogP contribution in [0.15, 0.2) is 58.7 Å². The Kier molecular flexibility index (Phi) is 4.73. The van der Waals surface area contributed by atoms with E-state index < -0.39 is 17.6 Å². The number of allylic oxidation sites excluding steroid dienone is 2. The fraction of sp³-hybridized carbons (Fsp3) is 0.261. The molecule has 0 radical (unpaired) electrons. The van der Waals surface area contributed by atoms with Crippen LogP contribution in [0.2, 0.25) is 0 Å². The summed E-state index contributed by atoms with van der Waals surface area (Å²) in [6.07, 6.45) is 3.24. The lowest BCUT2D eigenvalue weighted by molar-refractivity contribution is -0.139. The molecule has 35 heavy (non-hydrogen) atoms. The summed E-state index contributed by atoms with van der Waals surface area (Å²) in [7, 11) is 1.61. The van der Waals surface area contributed by atoms with Crippen LogP contribution in [-0.2, 0) is 17.3 Å². The molecule has 3 aliphatic rings. The number of methoxy groups -OCH3 is 1. The van der Waals surface area contributed by atoms with Gasteiger partial charge in [0.15, 0.2) is 0 Å². The molecular weight excluding hydrogens is 468 g/mol. The van der Waals surface area contributed by atoms with Gasteiger partial charge in [-0.25, -0.2) is 14.1 Å². The van der Waals surface area contributed by atoms with Crippen LogP contribution in [0.5, 0.6) is 0 Å². The van der Waals surface area contributed by atoms with Crippen molar-refractivity contribution in [2.24, 2.45) is 0 Å². The summed E-state index contributed by atoms with van der Waals surface area (Å²) in [6.45, 7) is 0.480. The van der Waals surface area contributed by atoms with Gasteiger partial charge < -0.3 is 19.4 Å². The molecule has 0 spiro atoms. The molecule has 1 aromatic carbocycles. The molecule has 0 saturated carbocycles. The highest BCUT2D eigenvalue weighted by Crippen LogP contribution is 2.39. The van der Waals surface area contributed by atoms with Gasteiger partial charge in [-0.15, -0.1) is 5.10 Å². The highest BCUT2D eigenvalue weighted by atomic mass is 19.4. The second-order valence-electron chi connectivity index (χ2n) is 8.30. The van der Waals surface area contributed by atoms with Crippen molar-refractivity contribution in [3.8, 4) is 11.3 Å². The molecule has 4 heterocycles. The first-order valence-electron chi connectivity index (χ1n) is 10.8. The standard InChI is InChI=1S/C23H18F4N6O2/c1-34-14-3-5-18-19(8-14)33-13(9-29-31-33)7-20-21(28-11-32(18)20)22-30-17(10-35-22)12-2-4-16(24)15(6-12)23(25,26)27/h2-4,6,8-10,18,28H,5,7,11H2,1H3. The molecule has 1 atom stereocenters. The summed E-state index contributed by atoms with van der Waals surface area (Å²) in [5.74, 6) is -0.369. The minimum atomic E-state index is -4.82. The summed E-state index contributed by atoms with van der Waals surface area (Å²) in [6, 6.07) is 2.71. The van der Waals surface area contributed by atoms with E-state index >= 15 is 0 Å². The number of ether oxygens (including phenoxy) is 1. The Balaban J connectivity index is 1.39. The number of benzene rings is 1. The molecule has 3 aromatic rings. The molecule has 0 fully saturated rings. The van der Waals surface area contributed by atoms with E-state index in [0.29, 0.717) is 25.2 Å². The van der Waals surface area contributed by atoms with Crippen molar-refractivity contribution in [3.63, 3.8) is 0 Å². The Morgan fingerprint density at radius 2 is 2.11 bits per heavy atom. The molecule has 0 saturated heterocycles. The molecule has 1 aliphatic carbocycles. The number of rotatable bonds is 3. The van der Waals surface area contributed by atoms with E-state index in [4.69, 9.17) is 9.15 Å². The van der Waals surface area contributed by atoms with Crippen molar-refractivity contribution in [1.29, 1.82) is 0 Å². The fourth-order valence-corrected chi connectivity index (χ4v) is 4.66. The van der Waals surface area contributed by atoms with Gasteiger partial charge in [0.05, 0.1) is 48.7 Å². The molecule has 180 valence electrons. The average molecular weight is 486 g/mol. The Morgan fingerprint density at radius 3 is 2.91 bits per heavy atom. The van der Waals surface area contributed by atoms with E-state index in [1.807, 2.05) is 12.2 Å². The first-order chi connectivity index (χ1) is 16.8. The maximum atomic E-state index is 13.7. The van der Waals surface area contributed by atoms with Crippen molar-refractivity contribution >= 4 is 11.4 Å². The van der Waals surface area contributed by atoms with Gasteiger partial charge in [-0.1, -0.05) is 5.21 Å². The number of nitrogens with one attached hydrogen (secondary N) is 1. The van der Waals surface area contributed by atoms with Gasteiger partial charge in [0.25, 0.3) is 0 Å². The maximum absolute atomic E-state index is 13.7. The summed E-state index contributed by atoms with van der Waals surface area (Å²) in [4.78, 5) is 6.60. The second kappa shape index (κ2) is 7.72. The number of alkyl halides is 3. The van der Waals surface area contributed by atoms with Crippen LogP contribution in [0.25, 0.3) is 22.7 Å². The average Bonchev–Trinajstić information content (AvgIpc) is 3.57. The van der Waals surface area contributed by atoms with Crippen molar-refractivity contribution < 1.29 is 26.7 Å². The summed E-state index contributed by atoms with van der Waals surface area (Å²) in [5, 5.41) is 11.6. The summed E-state index contributed by atoms with van der Waals surface area (Å²) >= 11 is 0. The smallest absolute Gasteiger partial charge is 0.419 e. The number of nitrogens with zero attached hydrogens (tertiary/aromatic N) is 5. The Bertz CT molecular complexity index is 1420. The first kappa shape index (κ1) is 21.4. The Hall–Kier alpha value is -4.09. The highest BCUT2D eigenvalue weighted by molar-refractivity contribution is 5.69. The van der Waals surface area contributed by atoms with Gasteiger partial charge in [-0.3, -0.25) is 0 Å². The fourth-order valence-electron chi connectivity index (χ4n) is 4.66. The number of hydrogen-bond donors (Lipinski definition) is 1. The van der Waals surface area contributed by atoms with Gasteiger partial charge in [-0.2, -0.15) is 13.2 Å². The van der Waals surface area contributed by atoms with Crippen LogP contribution in [0.3, 0.4) is 0 Å². The molecule has 0 bridgehead atoms. The minimum absolute atomic E-state index is 0.0438. The molecule has 1 N–H and O–H groups in total. The monoisotopic (exact) mass is 486 g/mol. The molecule has 0 amide bonds. The van der Waals surface area contributed by atoms with E-state index in [9.17, 15) is 17.6 Å². The van der Waals surface area contributed by atoms with Crippen LogP contribution in [0.4, 0.5) is 17.6 Å². The predicted octanol–water partition coefficient (Wildman–Crippen LogP) is 4.02. The molecule has 6 rings (SSSR count). The third-order valence-corrected chi connectivity index (χ3v) is 6.35. The number of aromatic nitrogens is 4. The van der Waals surface area contributed by atoms with E-state index in [-0.39, 0.29) is 23.2 Å². The molecule has 1 unspecified atom stereocenters. The third-order valence-electron chi connectivity index (χ3n) is 6.35. The zero-order valence-electron chi connectivity index (χ0n) is 18.3. The lowest BCUT2D eigenvalue weighted by atomic mass is 10.0. The topological polar surface area (TPSA) is 81.2 Å². The first-order valence-corrected chi connectivity index (χ1v) is 10.8. The Labute approximate surface area is 196 Å². The maximum Gasteiger partial charge on any atom is 0.419 e.